The summed E-state index contributed by atoms with van der Waals surface area (Å²) in [5.41, 5.74) is 0. The molecule has 1 saturated heterocycles. The van der Waals surface area contributed by atoms with Crippen molar-refractivity contribution in [2.24, 2.45) is 0 Å². The predicted octanol–water partition coefficient (Wildman–Crippen LogP) is 3.21. The number of hydrogen-bond donors (Lipinski definition) is 0. The molecule has 0 nitrogen and oxygen atoms in total. The third-order valence-electron chi connectivity index (χ3n) is 2.57. The smallest absolute Gasteiger partial charge is 0.0610 e. The first-order valence-electron chi connectivity index (χ1n) is 4.05. The molecule has 1 heterocycles. The highest BCUT2D eigenvalue weighted by molar-refractivity contribution is 6.83. The van der Waals surface area contributed by atoms with Gasteiger partial charge in [-0.15, -0.1) is 13.2 Å². The van der Waals surface area contributed by atoms with Gasteiger partial charge < -0.3 is 0 Å². The average molecular weight is 152 g/mol. The van der Waals surface area contributed by atoms with E-state index in [2.05, 4.69) is 25.3 Å². The standard InChI is InChI=1S/C9H16Si/c1-3-6-10(7-4-2)8-5-9-10/h3-4H,1-2,5-9H2. The van der Waals surface area contributed by atoms with E-state index in [1.165, 1.54) is 30.6 Å². The molecule has 0 aromatic rings. The molecule has 0 aromatic carbocycles. The average Bonchev–Trinajstić information content (AvgIpc) is 1.84. The van der Waals surface area contributed by atoms with Gasteiger partial charge in [0.25, 0.3) is 0 Å². The van der Waals surface area contributed by atoms with E-state index in [-0.39, 0.29) is 0 Å². The molecule has 0 aromatic heterocycles. The molecule has 1 rings (SSSR count). The maximum absolute atomic E-state index is 3.81. The summed E-state index contributed by atoms with van der Waals surface area (Å²) < 4.78 is 0. The minimum absolute atomic E-state index is 0.779. The van der Waals surface area contributed by atoms with Crippen molar-refractivity contribution in [1.82, 2.24) is 0 Å². The number of rotatable bonds is 4. The van der Waals surface area contributed by atoms with Crippen LogP contribution in [0.1, 0.15) is 6.42 Å². The Labute approximate surface area is 64.7 Å². The minimum atomic E-state index is -0.779. The summed E-state index contributed by atoms with van der Waals surface area (Å²) in [4.78, 5) is 0. The van der Waals surface area contributed by atoms with Gasteiger partial charge in [-0.05, 0) is 12.1 Å². The van der Waals surface area contributed by atoms with Gasteiger partial charge >= 0.3 is 0 Å². The predicted molar refractivity (Wildman–Crippen MR) is 50.0 cm³/mol. The summed E-state index contributed by atoms with van der Waals surface area (Å²) in [5.74, 6) is 0. The zero-order chi connectivity index (χ0) is 7.45. The van der Waals surface area contributed by atoms with Crippen LogP contribution in [0.5, 0.6) is 0 Å². The van der Waals surface area contributed by atoms with Gasteiger partial charge in [-0.1, -0.05) is 30.7 Å². The van der Waals surface area contributed by atoms with Gasteiger partial charge in [-0.25, -0.2) is 0 Å². The molecule has 0 radical (unpaired) electrons. The molecule has 10 heavy (non-hydrogen) atoms. The Morgan fingerprint density at radius 1 is 1.10 bits per heavy atom. The number of allylic oxidation sites excluding steroid dienone is 2. The minimum Gasteiger partial charge on any atom is -0.103 e. The zero-order valence-corrected chi connectivity index (χ0v) is 7.60. The lowest BCUT2D eigenvalue weighted by molar-refractivity contribution is 0.882. The van der Waals surface area contributed by atoms with Crippen molar-refractivity contribution in [2.45, 2.75) is 30.6 Å². The molecule has 0 unspecified atom stereocenters. The van der Waals surface area contributed by atoms with E-state index >= 15 is 0 Å². The van der Waals surface area contributed by atoms with E-state index in [9.17, 15) is 0 Å². The zero-order valence-electron chi connectivity index (χ0n) is 6.60. The highest BCUT2D eigenvalue weighted by Crippen LogP contribution is 2.39. The summed E-state index contributed by atoms with van der Waals surface area (Å²) in [6, 6.07) is 5.67. The summed E-state index contributed by atoms with van der Waals surface area (Å²) >= 11 is 0. The molecule has 1 aliphatic heterocycles. The maximum atomic E-state index is 3.81. The Kier molecular flexibility index (Phi) is 2.49. The molecule has 1 heteroatoms. The van der Waals surface area contributed by atoms with E-state index in [0.29, 0.717) is 0 Å². The van der Waals surface area contributed by atoms with Crippen molar-refractivity contribution in [3.8, 4) is 0 Å². The van der Waals surface area contributed by atoms with Crippen molar-refractivity contribution in [3.05, 3.63) is 25.3 Å². The largest absolute Gasteiger partial charge is 0.103 e. The normalized spacial score (nSPS) is 21.2. The lowest BCUT2D eigenvalue weighted by Crippen LogP contribution is -2.39. The first-order chi connectivity index (χ1) is 4.83. The first kappa shape index (κ1) is 7.80. The highest BCUT2D eigenvalue weighted by Gasteiger charge is 2.36. The summed E-state index contributed by atoms with van der Waals surface area (Å²) in [7, 11) is -0.779. The first-order valence-corrected chi connectivity index (χ1v) is 6.88. The van der Waals surface area contributed by atoms with E-state index in [0.717, 1.165) is 0 Å². The van der Waals surface area contributed by atoms with E-state index in [1.807, 2.05) is 0 Å². The molecule has 0 saturated carbocycles. The molecule has 0 amide bonds. The van der Waals surface area contributed by atoms with Crippen molar-refractivity contribution >= 4 is 8.07 Å². The lowest BCUT2D eigenvalue weighted by Gasteiger charge is -2.38. The molecule has 0 spiro atoms. The van der Waals surface area contributed by atoms with Gasteiger partial charge in [0.2, 0.25) is 0 Å². The third-order valence-corrected chi connectivity index (χ3v) is 7.71. The van der Waals surface area contributed by atoms with Crippen LogP contribution >= 0.6 is 0 Å². The molecule has 0 bridgehead atoms. The Bertz CT molecular complexity index is 122. The Hall–Kier alpha value is -0.303. The van der Waals surface area contributed by atoms with Gasteiger partial charge in [0.15, 0.2) is 0 Å². The summed E-state index contributed by atoms with van der Waals surface area (Å²) in [6.07, 6.45) is 5.68. The van der Waals surface area contributed by atoms with Crippen LogP contribution in [-0.2, 0) is 0 Å². The van der Waals surface area contributed by atoms with Crippen molar-refractivity contribution < 1.29 is 0 Å². The van der Waals surface area contributed by atoms with Crippen LogP contribution in [0.4, 0.5) is 0 Å². The quantitative estimate of drug-likeness (QED) is 0.428. The maximum Gasteiger partial charge on any atom is 0.0610 e. The second-order valence-corrected chi connectivity index (χ2v) is 8.16. The molecular weight excluding hydrogens is 136 g/mol. The van der Waals surface area contributed by atoms with Gasteiger partial charge in [0.05, 0.1) is 8.07 Å². The van der Waals surface area contributed by atoms with E-state index < -0.39 is 8.07 Å². The van der Waals surface area contributed by atoms with Crippen LogP contribution in [0.2, 0.25) is 24.2 Å². The van der Waals surface area contributed by atoms with Crippen LogP contribution in [0.25, 0.3) is 0 Å². The fourth-order valence-corrected chi connectivity index (χ4v) is 5.34. The topological polar surface area (TPSA) is 0 Å². The van der Waals surface area contributed by atoms with Gasteiger partial charge in [0.1, 0.15) is 0 Å². The summed E-state index contributed by atoms with van der Waals surface area (Å²) in [6.45, 7) is 7.62. The van der Waals surface area contributed by atoms with Crippen molar-refractivity contribution in [3.63, 3.8) is 0 Å². The van der Waals surface area contributed by atoms with Crippen LogP contribution in [-0.4, -0.2) is 8.07 Å². The van der Waals surface area contributed by atoms with Gasteiger partial charge in [0, 0.05) is 0 Å². The lowest BCUT2D eigenvalue weighted by atomic mass is 10.5. The monoisotopic (exact) mass is 152 g/mol. The van der Waals surface area contributed by atoms with Crippen LogP contribution < -0.4 is 0 Å². The Morgan fingerprint density at radius 2 is 1.60 bits per heavy atom. The SMILES string of the molecule is C=CC[Si]1(CC=C)CCC1. The fraction of sp³-hybridized carbons (Fsp3) is 0.556. The third kappa shape index (κ3) is 1.40. The molecule has 1 fully saturated rings. The van der Waals surface area contributed by atoms with E-state index in [4.69, 9.17) is 0 Å². The van der Waals surface area contributed by atoms with Gasteiger partial charge in [-0.2, -0.15) is 0 Å². The van der Waals surface area contributed by atoms with Crippen LogP contribution in [0, 0.1) is 0 Å². The molecule has 0 aliphatic carbocycles. The molecule has 0 N–H and O–H groups in total. The molecular formula is C9H16Si. The van der Waals surface area contributed by atoms with Crippen molar-refractivity contribution in [2.75, 3.05) is 0 Å². The molecule has 0 atom stereocenters. The summed E-state index contributed by atoms with van der Waals surface area (Å²) in [5, 5.41) is 0. The Morgan fingerprint density at radius 3 is 1.80 bits per heavy atom. The van der Waals surface area contributed by atoms with Crippen LogP contribution in [0.15, 0.2) is 25.3 Å². The highest BCUT2D eigenvalue weighted by atomic mass is 28.3. The second kappa shape index (κ2) is 3.20. The molecule has 1 aliphatic rings. The van der Waals surface area contributed by atoms with E-state index in [1.54, 1.807) is 0 Å². The van der Waals surface area contributed by atoms with Crippen molar-refractivity contribution in [1.29, 1.82) is 0 Å². The molecule has 56 valence electrons. The fourth-order valence-electron chi connectivity index (χ4n) is 1.78. The van der Waals surface area contributed by atoms with Gasteiger partial charge in [-0.3, -0.25) is 0 Å². The number of hydrogen-bond acceptors (Lipinski definition) is 0. The second-order valence-electron chi connectivity index (χ2n) is 3.34. The van der Waals surface area contributed by atoms with Crippen LogP contribution in [0.3, 0.4) is 0 Å². The Balaban J connectivity index is 2.41.